The molecule has 0 heterocycles. The van der Waals surface area contributed by atoms with E-state index in [1.54, 1.807) is 0 Å². The van der Waals surface area contributed by atoms with Crippen molar-refractivity contribution >= 4 is 25.5 Å². The van der Waals surface area contributed by atoms with Crippen LogP contribution in [0.5, 0.6) is 0 Å². The molecule has 1 nitrogen and oxygen atoms in total. The Morgan fingerprint density at radius 1 is 1.15 bits per heavy atom. The Labute approximate surface area is 88.7 Å². The van der Waals surface area contributed by atoms with Gasteiger partial charge in [0.15, 0.2) is 0 Å². The summed E-state index contributed by atoms with van der Waals surface area (Å²) in [5, 5.41) is 2.43. The van der Waals surface area contributed by atoms with Gasteiger partial charge in [-0.25, -0.2) is 4.99 Å². The first-order valence-corrected chi connectivity index (χ1v) is 8.52. The van der Waals surface area contributed by atoms with E-state index in [4.69, 9.17) is 0 Å². The highest BCUT2D eigenvalue weighted by Gasteiger charge is 2.25. The summed E-state index contributed by atoms with van der Waals surface area (Å²) in [4.78, 5) is 3.96. The van der Waals surface area contributed by atoms with Crippen LogP contribution in [-0.4, -0.2) is 19.8 Å². The summed E-state index contributed by atoms with van der Waals surface area (Å²) in [5.41, 5.74) is 0. The van der Waals surface area contributed by atoms with Gasteiger partial charge in [0, 0.05) is 6.54 Å². The zero-order chi connectivity index (χ0) is 10.2. The van der Waals surface area contributed by atoms with Crippen molar-refractivity contribution in [3.63, 3.8) is 0 Å². The first kappa shape index (κ1) is 13.0. The highest BCUT2D eigenvalue weighted by molar-refractivity contribution is 7.78. The van der Waals surface area contributed by atoms with Gasteiger partial charge >= 0.3 is 0 Å². The number of hydrogen-bond donors (Lipinski definition) is 0. The highest BCUT2D eigenvalue weighted by Crippen LogP contribution is 2.26. The minimum atomic E-state index is -0.889. The van der Waals surface area contributed by atoms with Crippen LogP contribution in [0.3, 0.4) is 0 Å². The zero-order valence-electron chi connectivity index (χ0n) is 9.10. The molecule has 0 unspecified atom stereocenters. The summed E-state index contributed by atoms with van der Waals surface area (Å²) in [5.74, 6) is 0. The molecule has 0 aliphatic carbocycles. The molecule has 0 aliphatic rings. The molecular formula is C10H21NSSi. The number of rotatable bonds is 7. The fourth-order valence-electron chi connectivity index (χ4n) is 1.86. The third-order valence-corrected chi connectivity index (χ3v) is 9.33. The lowest BCUT2D eigenvalue weighted by Crippen LogP contribution is -2.30. The highest BCUT2D eigenvalue weighted by atomic mass is 32.1. The van der Waals surface area contributed by atoms with Crippen LogP contribution in [0.1, 0.15) is 27.2 Å². The van der Waals surface area contributed by atoms with Crippen molar-refractivity contribution in [1.29, 1.82) is 0 Å². The molecule has 3 heteroatoms. The largest absolute Gasteiger partial charge is 0.233 e. The number of aliphatic imine (C=N–C) groups is 1. The lowest BCUT2D eigenvalue weighted by Gasteiger charge is -2.27. The van der Waals surface area contributed by atoms with Gasteiger partial charge in [-0.3, -0.25) is 0 Å². The van der Waals surface area contributed by atoms with Crippen molar-refractivity contribution in [2.24, 2.45) is 4.99 Å². The molecule has 0 aromatic heterocycles. The Morgan fingerprint density at radius 3 is 2.08 bits per heavy atom. The lowest BCUT2D eigenvalue weighted by atomic mass is 10.5. The summed E-state index contributed by atoms with van der Waals surface area (Å²) in [7, 11) is -0.889. The third kappa shape index (κ3) is 4.70. The molecule has 0 saturated heterocycles. The molecule has 0 aromatic carbocycles. The van der Waals surface area contributed by atoms with Crippen LogP contribution >= 0.6 is 12.2 Å². The maximum absolute atomic E-state index is 4.54. The smallest absolute Gasteiger partial charge is 0.0584 e. The van der Waals surface area contributed by atoms with Gasteiger partial charge in [0.1, 0.15) is 0 Å². The van der Waals surface area contributed by atoms with E-state index < -0.39 is 8.07 Å². The molecule has 0 aliphatic heterocycles. The van der Waals surface area contributed by atoms with E-state index in [0.717, 1.165) is 6.54 Å². The van der Waals surface area contributed by atoms with Crippen LogP contribution in [0.25, 0.3) is 0 Å². The Bertz CT molecular complexity index is 163. The summed E-state index contributed by atoms with van der Waals surface area (Å²) >= 11 is 4.54. The monoisotopic (exact) mass is 215 g/mol. The van der Waals surface area contributed by atoms with Crippen molar-refractivity contribution in [2.45, 2.75) is 51.4 Å². The van der Waals surface area contributed by atoms with Crippen molar-refractivity contribution in [1.82, 2.24) is 0 Å². The SMILES string of the molecule is CC[Si](CC)(CC)CCCN=C=S. The molecule has 0 amide bonds. The average molecular weight is 215 g/mol. The van der Waals surface area contributed by atoms with Gasteiger partial charge in [0.25, 0.3) is 0 Å². The minimum Gasteiger partial charge on any atom is -0.233 e. The average Bonchev–Trinajstić information content (AvgIpc) is 2.20. The minimum absolute atomic E-state index is 0.887. The predicted molar refractivity (Wildman–Crippen MR) is 66.5 cm³/mol. The van der Waals surface area contributed by atoms with Crippen molar-refractivity contribution in [3.05, 3.63) is 0 Å². The molecule has 0 aromatic rings. The van der Waals surface area contributed by atoms with Crippen LogP contribution in [0.4, 0.5) is 0 Å². The normalized spacial score (nSPS) is 11.0. The molecule has 0 saturated carbocycles. The van der Waals surface area contributed by atoms with Crippen LogP contribution in [0.2, 0.25) is 24.2 Å². The van der Waals surface area contributed by atoms with Crippen molar-refractivity contribution in [3.8, 4) is 0 Å². The van der Waals surface area contributed by atoms with E-state index in [1.165, 1.54) is 30.6 Å². The zero-order valence-corrected chi connectivity index (χ0v) is 10.9. The molecule has 0 bridgehead atoms. The van der Waals surface area contributed by atoms with E-state index in [1.807, 2.05) is 0 Å². The summed E-state index contributed by atoms with van der Waals surface area (Å²) in [6, 6.07) is 5.67. The Morgan fingerprint density at radius 2 is 1.69 bits per heavy atom. The van der Waals surface area contributed by atoms with E-state index >= 15 is 0 Å². The quantitative estimate of drug-likeness (QED) is 0.271. The molecule has 0 rings (SSSR count). The molecule has 0 fully saturated rings. The number of isothiocyanates is 1. The lowest BCUT2D eigenvalue weighted by molar-refractivity contribution is 0.897. The van der Waals surface area contributed by atoms with Gasteiger partial charge < -0.3 is 0 Å². The fourth-order valence-corrected chi connectivity index (χ4v) is 5.42. The molecule has 0 spiro atoms. The first-order chi connectivity index (χ1) is 6.24. The van der Waals surface area contributed by atoms with Crippen LogP contribution in [0, 0.1) is 0 Å². The maximum atomic E-state index is 4.54. The van der Waals surface area contributed by atoms with Gasteiger partial charge in [-0.15, -0.1) is 0 Å². The fraction of sp³-hybridized carbons (Fsp3) is 0.900. The number of thiocarbonyl (C=S) groups is 1. The number of nitrogens with zero attached hydrogens (tertiary/aromatic N) is 1. The van der Waals surface area contributed by atoms with E-state index in [9.17, 15) is 0 Å². The Kier molecular flexibility index (Phi) is 7.43. The summed E-state index contributed by atoms with van der Waals surface area (Å²) in [6.07, 6.45) is 1.21. The molecule has 13 heavy (non-hydrogen) atoms. The second-order valence-electron chi connectivity index (χ2n) is 3.64. The van der Waals surface area contributed by atoms with Crippen molar-refractivity contribution < 1.29 is 0 Å². The first-order valence-electron chi connectivity index (χ1n) is 5.28. The molecule has 0 N–H and O–H groups in total. The predicted octanol–water partition coefficient (Wildman–Crippen LogP) is 3.99. The van der Waals surface area contributed by atoms with Crippen LogP contribution in [-0.2, 0) is 0 Å². The second kappa shape index (κ2) is 7.42. The van der Waals surface area contributed by atoms with Crippen LogP contribution in [0.15, 0.2) is 4.99 Å². The standard InChI is InChI=1S/C10H21NSSi/c1-4-13(5-2,6-3)9-7-8-11-10-12/h4-9H2,1-3H3. The van der Waals surface area contributed by atoms with Crippen molar-refractivity contribution in [2.75, 3.05) is 6.54 Å². The van der Waals surface area contributed by atoms with Gasteiger partial charge in [-0.05, 0) is 18.6 Å². The van der Waals surface area contributed by atoms with E-state index in [-0.39, 0.29) is 0 Å². The van der Waals surface area contributed by atoms with Gasteiger partial charge in [-0.1, -0.05) is 44.9 Å². The Hall–Kier alpha value is 0.0169. The van der Waals surface area contributed by atoms with Gasteiger partial charge in [-0.2, -0.15) is 0 Å². The molecule has 0 atom stereocenters. The Balaban J connectivity index is 3.87. The van der Waals surface area contributed by atoms with E-state index in [2.05, 4.69) is 43.1 Å². The van der Waals surface area contributed by atoms with Crippen LogP contribution < -0.4 is 0 Å². The number of hydrogen-bond acceptors (Lipinski definition) is 2. The molecular weight excluding hydrogens is 194 g/mol. The van der Waals surface area contributed by atoms with Gasteiger partial charge in [0.05, 0.1) is 13.2 Å². The summed E-state index contributed by atoms with van der Waals surface area (Å²) < 4.78 is 0. The topological polar surface area (TPSA) is 12.4 Å². The molecule has 76 valence electrons. The molecule has 0 radical (unpaired) electrons. The van der Waals surface area contributed by atoms with E-state index in [0.29, 0.717) is 0 Å². The maximum Gasteiger partial charge on any atom is 0.0584 e. The summed E-state index contributed by atoms with van der Waals surface area (Å²) in [6.45, 7) is 7.93. The van der Waals surface area contributed by atoms with Gasteiger partial charge in [0.2, 0.25) is 0 Å². The second-order valence-corrected chi connectivity index (χ2v) is 9.44. The third-order valence-electron chi connectivity index (χ3n) is 3.29.